The van der Waals surface area contributed by atoms with Crippen molar-refractivity contribution in [1.29, 1.82) is 0 Å². The van der Waals surface area contributed by atoms with Gasteiger partial charge in [0.15, 0.2) is 24.5 Å². The number of aromatic nitrogens is 3. The molecule has 0 saturated heterocycles. The van der Waals surface area contributed by atoms with Gasteiger partial charge in [-0.15, -0.1) is 0 Å². The normalized spacial score (nSPS) is 17.7. The first-order valence-electron chi connectivity index (χ1n) is 13.2. The molecule has 2 atom stereocenters. The molecule has 6 rings (SSSR count). The minimum atomic E-state index is -0.723. The summed E-state index contributed by atoms with van der Waals surface area (Å²) in [6.45, 7) is 0.634. The first kappa shape index (κ1) is 33.0. The predicted octanol–water partition coefficient (Wildman–Crippen LogP) is 5.14. The van der Waals surface area contributed by atoms with Gasteiger partial charge in [0.2, 0.25) is 11.8 Å². The Balaban J connectivity index is 0.000000214. The van der Waals surface area contributed by atoms with Crippen molar-refractivity contribution in [1.82, 2.24) is 24.3 Å². The van der Waals surface area contributed by atoms with Gasteiger partial charge in [-0.25, -0.2) is 9.97 Å². The number of oxime groups is 2. The number of aryl methyl sites for hydroxylation is 1. The second-order valence-electron chi connectivity index (χ2n) is 9.73. The highest BCUT2D eigenvalue weighted by Crippen LogP contribution is 2.33. The van der Waals surface area contributed by atoms with Crippen molar-refractivity contribution < 1.29 is 24.3 Å². The third-order valence-corrected chi connectivity index (χ3v) is 8.31. The van der Waals surface area contributed by atoms with Crippen LogP contribution in [-0.4, -0.2) is 88.9 Å². The van der Waals surface area contributed by atoms with Gasteiger partial charge in [-0.05, 0) is 62.2 Å². The minimum Gasteiger partial charge on any atom is -0.480 e. The summed E-state index contributed by atoms with van der Waals surface area (Å²) < 4.78 is 14.1. The van der Waals surface area contributed by atoms with Crippen LogP contribution in [0.2, 0.25) is 0 Å². The molecule has 234 valence electrons. The number of fused-ring (bicyclic) bond motifs is 1. The lowest BCUT2D eigenvalue weighted by Gasteiger charge is -2.32. The largest absolute Gasteiger partial charge is 0.480 e. The van der Waals surface area contributed by atoms with E-state index in [1.807, 2.05) is 19.2 Å². The number of amidine groups is 2. The molecule has 0 saturated carbocycles. The number of halogens is 2. The van der Waals surface area contributed by atoms with Gasteiger partial charge >= 0.3 is 0 Å². The van der Waals surface area contributed by atoms with Crippen LogP contribution in [0, 0.1) is 0 Å². The molecule has 2 unspecified atom stereocenters. The summed E-state index contributed by atoms with van der Waals surface area (Å²) in [7, 11) is 8.94. The van der Waals surface area contributed by atoms with E-state index in [1.54, 1.807) is 31.2 Å². The first-order chi connectivity index (χ1) is 20.7. The topological polar surface area (TPSA) is 119 Å². The lowest BCUT2D eigenvalue weighted by atomic mass is 10.0. The molecule has 0 fully saturated rings. The van der Waals surface area contributed by atoms with E-state index in [0.717, 1.165) is 8.95 Å². The molecule has 0 bridgehead atoms. The number of aliphatic hydroxyl groups is 1. The van der Waals surface area contributed by atoms with E-state index < -0.39 is 6.23 Å². The van der Waals surface area contributed by atoms with Gasteiger partial charge < -0.3 is 38.6 Å². The molecule has 2 aliphatic rings. The summed E-state index contributed by atoms with van der Waals surface area (Å²) in [5, 5.41) is 19.0. The standard InChI is InChI=1S/C19H19BrN4O2.C10H12BrN3O3.CH4/c1-23-10-13(12-6-4-5-7-16(12)23)17-11-26-22-18(24(17)2)15-9-8-14(20)19(21-15)25-3;1-14-8(15)5-17-13-9(14)7-4-3-6(11)10(12-7)16-2;/h4-10,17H,11H2,1-3H3;3-4,8,15H,5H2,1-2H3;1H4. The smallest absolute Gasteiger partial charge is 0.228 e. The van der Waals surface area contributed by atoms with Crippen LogP contribution in [0.5, 0.6) is 11.8 Å². The number of para-hydroxylation sites is 1. The molecular formula is C30H35Br2N7O5. The summed E-state index contributed by atoms with van der Waals surface area (Å²) in [5.74, 6) is 2.12. The lowest BCUT2D eigenvalue weighted by molar-refractivity contribution is -0.0393. The highest BCUT2D eigenvalue weighted by atomic mass is 79.9. The van der Waals surface area contributed by atoms with Crippen LogP contribution in [0.15, 0.2) is 74.0 Å². The van der Waals surface area contributed by atoms with Gasteiger partial charge in [0.05, 0.1) is 29.2 Å². The molecule has 0 aliphatic carbocycles. The lowest BCUT2D eigenvalue weighted by Crippen LogP contribution is -2.43. The first-order valence-corrected chi connectivity index (χ1v) is 14.8. The fourth-order valence-electron chi connectivity index (χ4n) is 4.75. The number of ether oxygens (including phenoxy) is 2. The number of hydrogen-bond donors (Lipinski definition) is 1. The molecule has 1 aromatic carbocycles. The fraction of sp³-hybridized carbons (Fsp3) is 0.333. The highest BCUT2D eigenvalue weighted by molar-refractivity contribution is 9.10. The predicted molar refractivity (Wildman–Crippen MR) is 176 cm³/mol. The van der Waals surface area contributed by atoms with E-state index in [2.05, 4.69) is 99.1 Å². The second-order valence-corrected chi connectivity index (χ2v) is 11.4. The maximum atomic E-state index is 9.64. The number of likely N-dealkylation sites (N-methyl/N-ethyl adjacent to an activating group) is 2. The summed E-state index contributed by atoms with van der Waals surface area (Å²) in [6.07, 6.45) is 1.44. The molecule has 1 N–H and O–H groups in total. The maximum Gasteiger partial charge on any atom is 0.228 e. The average molecular weight is 733 g/mol. The molecule has 0 amide bonds. The van der Waals surface area contributed by atoms with Crippen molar-refractivity contribution >= 4 is 54.4 Å². The fourth-order valence-corrected chi connectivity index (χ4v) is 5.51. The van der Waals surface area contributed by atoms with Crippen molar-refractivity contribution in [2.24, 2.45) is 17.4 Å². The quantitative estimate of drug-likeness (QED) is 0.298. The van der Waals surface area contributed by atoms with Crippen molar-refractivity contribution in [2.75, 3.05) is 41.5 Å². The van der Waals surface area contributed by atoms with E-state index in [-0.39, 0.29) is 20.1 Å². The highest BCUT2D eigenvalue weighted by Gasteiger charge is 2.30. The van der Waals surface area contributed by atoms with E-state index in [4.69, 9.17) is 19.1 Å². The Morgan fingerprint density at radius 2 is 1.34 bits per heavy atom. The molecule has 14 heteroatoms. The number of hydrogen-bond acceptors (Lipinski definition) is 11. The molecule has 0 radical (unpaired) electrons. The average Bonchev–Trinajstić information content (AvgIpc) is 3.36. The molecule has 5 heterocycles. The van der Waals surface area contributed by atoms with E-state index in [9.17, 15) is 5.11 Å². The Bertz CT molecular complexity index is 1680. The van der Waals surface area contributed by atoms with Crippen LogP contribution in [0.4, 0.5) is 0 Å². The molecule has 44 heavy (non-hydrogen) atoms. The molecule has 2 aliphatic heterocycles. The zero-order valence-corrected chi connectivity index (χ0v) is 27.4. The Labute approximate surface area is 273 Å². The summed E-state index contributed by atoms with van der Waals surface area (Å²) in [4.78, 5) is 23.0. The van der Waals surface area contributed by atoms with E-state index in [1.165, 1.54) is 23.6 Å². The molecule has 0 spiro atoms. The van der Waals surface area contributed by atoms with Crippen LogP contribution in [-0.2, 0) is 16.7 Å². The van der Waals surface area contributed by atoms with Crippen LogP contribution >= 0.6 is 31.9 Å². The third-order valence-electron chi connectivity index (χ3n) is 7.10. The Morgan fingerprint density at radius 1 is 0.795 bits per heavy atom. The summed E-state index contributed by atoms with van der Waals surface area (Å²) in [5.41, 5.74) is 3.69. The Hall–Kier alpha value is -3.88. The van der Waals surface area contributed by atoms with Crippen LogP contribution in [0.25, 0.3) is 10.9 Å². The number of benzene rings is 1. The number of methoxy groups -OCH3 is 2. The molecule has 12 nitrogen and oxygen atoms in total. The minimum absolute atomic E-state index is 0. The molecular weight excluding hydrogens is 698 g/mol. The molecule has 4 aromatic rings. The van der Waals surface area contributed by atoms with Crippen molar-refractivity contribution in [3.8, 4) is 11.8 Å². The number of nitrogens with zero attached hydrogens (tertiary/aromatic N) is 7. The SMILES string of the molecule is C.COc1nc(C2=NOCC(O)N2C)ccc1Br.COc1nc(C2=NOCC(c3cn(C)c4ccccc34)N2C)ccc1Br. The van der Waals surface area contributed by atoms with Gasteiger partial charge in [-0.2, -0.15) is 0 Å². The number of rotatable bonds is 5. The van der Waals surface area contributed by atoms with Gasteiger partial charge in [0.1, 0.15) is 18.0 Å². The summed E-state index contributed by atoms with van der Waals surface area (Å²) in [6, 6.07) is 15.8. The Morgan fingerprint density at radius 3 is 1.93 bits per heavy atom. The Kier molecular flexibility index (Phi) is 10.7. The van der Waals surface area contributed by atoms with Crippen LogP contribution in [0.1, 0.15) is 30.4 Å². The van der Waals surface area contributed by atoms with Crippen LogP contribution < -0.4 is 9.47 Å². The van der Waals surface area contributed by atoms with Crippen molar-refractivity contribution in [3.63, 3.8) is 0 Å². The third kappa shape index (κ3) is 6.61. The van der Waals surface area contributed by atoms with E-state index >= 15 is 0 Å². The van der Waals surface area contributed by atoms with Crippen molar-refractivity contribution in [3.05, 3.63) is 80.6 Å². The van der Waals surface area contributed by atoms with Gasteiger partial charge in [0, 0.05) is 43.8 Å². The number of aliphatic hydroxyl groups excluding tert-OH is 1. The second kappa shape index (κ2) is 14.3. The monoisotopic (exact) mass is 731 g/mol. The van der Waals surface area contributed by atoms with Gasteiger partial charge in [0.25, 0.3) is 0 Å². The summed E-state index contributed by atoms with van der Waals surface area (Å²) >= 11 is 6.75. The van der Waals surface area contributed by atoms with Gasteiger partial charge in [-0.3, -0.25) is 0 Å². The zero-order chi connectivity index (χ0) is 30.7. The zero-order valence-electron chi connectivity index (χ0n) is 24.2. The molecule has 3 aromatic heterocycles. The van der Waals surface area contributed by atoms with Crippen molar-refractivity contribution in [2.45, 2.75) is 19.7 Å². The number of pyridine rings is 2. The van der Waals surface area contributed by atoms with Gasteiger partial charge in [-0.1, -0.05) is 35.9 Å². The van der Waals surface area contributed by atoms with E-state index in [0.29, 0.717) is 41.4 Å². The van der Waals surface area contributed by atoms with Crippen LogP contribution in [0.3, 0.4) is 0 Å². The maximum absolute atomic E-state index is 9.64.